The van der Waals surface area contributed by atoms with Crippen LogP contribution in [-0.2, 0) is 25.5 Å². The van der Waals surface area contributed by atoms with Gasteiger partial charge in [0.15, 0.2) is 0 Å². The Morgan fingerprint density at radius 1 is 1.16 bits per heavy atom. The number of fused-ring (bicyclic) bond motifs is 5. The average Bonchev–Trinajstić information content (AvgIpc) is 3.70. The predicted octanol–water partition coefficient (Wildman–Crippen LogP) is 2.81. The molecule has 8 rings (SSSR count). The van der Waals surface area contributed by atoms with E-state index >= 15 is 0 Å². The summed E-state index contributed by atoms with van der Waals surface area (Å²) < 4.78 is 6.30. The number of H-pyrrole nitrogens is 1. The summed E-state index contributed by atoms with van der Waals surface area (Å²) in [5.41, 5.74) is 1.96. The molecule has 5 fully saturated rings. The standard InChI is InChI=1S/C33H43N5O5/c1-32(35-29(39)21-15-23-22-10-6-11-24-28(22)20(17-34-24)16-25(23)36(2)18-21)31(41)38-26(14-19-8-4-3-5-9-19)30(40)37-13-7-12-27(37)33(38,42)43-32/h6,10-11,17,19,21,23,25-27,34,42H,3-5,7-9,12-16,18H2,1-2H3,(H,35,39)/t21-,23?,25-,26+,27+,32-,33+/m1/s1. The number of ether oxygens (including phenoxy) is 1. The normalized spacial score (nSPS) is 37.9. The van der Waals surface area contributed by atoms with Gasteiger partial charge in [0.05, 0.1) is 5.92 Å². The molecule has 1 aromatic heterocycles. The third kappa shape index (κ3) is 4.05. The van der Waals surface area contributed by atoms with Crippen LogP contribution in [0.1, 0.15) is 81.8 Å². The summed E-state index contributed by atoms with van der Waals surface area (Å²) in [6.45, 7) is 2.67. The Morgan fingerprint density at radius 3 is 2.79 bits per heavy atom. The van der Waals surface area contributed by atoms with E-state index in [9.17, 15) is 19.5 Å². The zero-order chi connectivity index (χ0) is 29.7. The molecule has 3 N–H and O–H groups in total. The monoisotopic (exact) mass is 589 g/mol. The summed E-state index contributed by atoms with van der Waals surface area (Å²) in [5, 5.41) is 16.3. The molecule has 4 aliphatic heterocycles. The molecule has 0 spiro atoms. The van der Waals surface area contributed by atoms with Gasteiger partial charge >= 0.3 is 0 Å². The minimum absolute atomic E-state index is 0.0965. The van der Waals surface area contributed by atoms with Crippen molar-refractivity contribution in [2.24, 2.45) is 11.8 Å². The van der Waals surface area contributed by atoms with Gasteiger partial charge in [-0.25, -0.2) is 0 Å². The number of nitrogens with one attached hydrogen (secondary N) is 2. The molecule has 1 aromatic carbocycles. The lowest BCUT2D eigenvalue weighted by Gasteiger charge is -2.49. The van der Waals surface area contributed by atoms with Crippen molar-refractivity contribution in [3.05, 3.63) is 35.5 Å². The number of rotatable bonds is 4. The van der Waals surface area contributed by atoms with Crippen molar-refractivity contribution < 1.29 is 24.2 Å². The maximum atomic E-state index is 14.2. The fraction of sp³-hybridized carbons (Fsp3) is 0.667. The second-order valence-corrected chi connectivity index (χ2v) is 14.2. The van der Waals surface area contributed by atoms with Crippen molar-refractivity contribution in [2.45, 2.75) is 107 Å². The van der Waals surface area contributed by atoms with Crippen molar-refractivity contribution in [1.82, 2.24) is 25.0 Å². The van der Waals surface area contributed by atoms with Gasteiger partial charge in [-0.15, -0.1) is 0 Å². The summed E-state index contributed by atoms with van der Waals surface area (Å²) in [5.74, 6) is -2.67. The molecule has 6 aliphatic rings. The minimum atomic E-state index is -1.96. The van der Waals surface area contributed by atoms with Crippen LogP contribution >= 0.6 is 0 Å². The van der Waals surface area contributed by atoms with Gasteiger partial charge in [-0.05, 0) is 69.2 Å². The lowest BCUT2D eigenvalue weighted by atomic mass is 9.72. The highest BCUT2D eigenvalue weighted by Crippen LogP contribution is 2.48. The Hall–Kier alpha value is -2.95. The lowest BCUT2D eigenvalue weighted by Crippen LogP contribution is -2.71. The largest absolute Gasteiger partial charge is 0.361 e. The summed E-state index contributed by atoms with van der Waals surface area (Å²) in [7, 11) is 2.08. The third-order valence-electron chi connectivity index (χ3n) is 11.6. The molecular weight excluding hydrogens is 546 g/mol. The number of piperidine rings is 1. The van der Waals surface area contributed by atoms with Gasteiger partial charge in [-0.1, -0.05) is 44.2 Å². The number of benzene rings is 1. The SMILES string of the molecule is CN1C[C@H](C(=O)N[C@]2(C)O[C@@]3(O)[C@@H]4CCCN4C(=O)[C@H](CC4CCCCC4)N3C2=O)CC2c3cccc4[nH]cc(c34)C[C@H]21. The highest BCUT2D eigenvalue weighted by Gasteiger charge is 2.70. The molecule has 4 saturated heterocycles. The molecule has 2 aromatic rings. The molecule has 0 radical (unpaired) electrons. The third-order valence-corrected chi connectivity index (χ3v) is 11.6. The summed E-state index contributed by atoms with van der Waals surface area (Å²) in [6.07, 6.45) is 11.0. The van der Waals surface area contributed by atoms with E-state index in [1.165, 1.54) is 27.8 Å². The van der Waals surface area contributed by atoms with E-state index in [1.54, 1.807) is 11.8 Å². The maximum absolute atomic E-state index is 14.2. The Labute approximate surface area is 252 Å². The van der Waals surface area contributed by atoms with Crippen LogP contribution in [0.3, 0.4) is 0 Å². The van der Waals surface area contributed by atoms with Crippen LogP contribution in [0, 0.1) is 11.8 Å². The number of amides is 3. The van der Waals surface area contributed by atoms with E-state index in [0.29, 0.717) is 44.3 Å². The molecule has 2 aliphatic carbocycles. The van der Waals surface area contributed by atoms with Gasteiger partial charge in [0, 0.05) is 42.1 Å². The molecule has 10 nitrogen and oxygen atoms in total. The molecule has 3 amide bonds. The average molecular weight is 590 g/mol. The Bertz CT molecular complexity index is 1490. The number of carbonyl (C=O) groups excluding carboxylic acids is 3. The Morgan fingerprint density at radius 2 is 1.98 bits per heavy atom. The van der Waals surface area contributed by atoms with Crippen LogP contribution in [0.15, 0.2) is 24.4 Å². The van der Waals surface area contributed by atoms with E-state index in [-0.39, 0.29) is 23.7 Å². The molecule has 1 unspecified atom stereocenters. The van der Waals surface area contributed by atoms with Gasteiger partial charge in [0.2, 0.25) is 17.5 Å². The van der Waals surface area contributed by atoms with Gasteiger partial charge in [-0.2, -0.15) is 0 Å². The van der Waals surface area contributed by atoms with E-state index in [4.69, 9.17) is 4.74 Å². The van der Waals surface area contributed by atoms with Gasteiger partial charge < -0.3 is 25.2 Å². The summed E-state index contributed by atoms with van der Waals surface area (Å²) in [4.78, 5) is 50.7. The fourth-order valence-electron chi connectivity index (χ4n) is 9.58. The predicted molar refractivity (Wildman–Crippen MR) is 158 cm³/mol. The smallest absolute Gasteiger partial charge is 0.280 e. The molecule has 5 heterocycles. The van der Waals surface area contributed by atoms with Crippen LogP contribution in [0.25, 0.3) is 10.9 Å². The first-order valence-electron chi connectivity index (χ1n) is 16.4. The molecule has 230 valence electrons. The van der Waals surface area contributed by atoms with Crippen LogP contribution in [0.2, 0.25) is 0 Å². The molecule has 43 heavy (non-hydrogen) atoms. The Kier molecular flexibility index (Phi) is 6.27. The molecule has 1 saturated carbocycles. The quantitative estimate of drug-likeness (QED) is 0.505. The van der Waals surface area contributed by atoms with Crippen LogP contribution in [-0.4, -0.2) is 92.4 Å². The number of hydrogen-bond acceptors (Lipinski definition) is 6. The fourth-order valence-corrected chi connectivity index (χ4v) is 9.58. The summed E-state index contributed by atoms with van der Waals surface area (Å²) >= 11 is 0. The van der Waals surface area contributed by atoms with Crippen LogP contribution in [0.5, 0.6) is 0 Å². The number of nitrogens with zero attached hydrogens (tertiary/aromatic N) is 3. The number of likely N-dealkylation sites (tertiary alicyclic amines) is 1. The molecule has 0 bridgehead atoms. The van der Waals surface area contributed by atoms with Crippen molar-refractivity contribution in [3.8, 4) is 0 Å². The minimum Gasteiger partial charge on any atom is -0.361 e. The molecule has 10 heteroatoms. The first-order chi connectivity index (χ1) is 20.7. The zero-order valence-corrected chi connectivity index (χ0v) is 25.2. The second kappa shape index (κ2) is 9.78. The van der Waals surface area contributed by atoms with Crippen LogP contribution < -0.4 is 5.32 Å². The maximum Gasteiger partial charge on any atom is 0.280 e. The highest BCUT2D eigenvalue weighted by atomic mass is 16.7. The number of hydrogen-bond donors (Lipinski definition) is 3. The van der Waals surface area contributed by atoms with Crippen molar-refractivity contribution >= 4 is 28.6 Å². The lowest BCUT2D eigenvalue weighted by molar-refractivity contribution is -0.316. The summed E-state index contributed by atoms with van der Waals surface area (Å²) in [6, 6.07) is 5.23. The number of likely N-dealkylation sites (N-methyl/N-ethyl adjacent to an activating group) is 1. The number of aromatic amines is 1. The van der Waals surface area contributed by atoms with Gasteiger partial charge in [0.1, 0.15) is 12.1 Å². The zero-order valence-electron chi connectivity index (χ0n) is 25.2. The molecular formula is C33H43N5O5. The van der Waals surface area contributed by atoms with E-state index < -0.39 is 29.6 Å². The van der Waals surface area contributed by atoms with Crippen molar-refractivity contribution in [2.75, 3.05) is 20.1 Å². The number of aliphatic hydroxyl groups is 1. The van der Waals surface area contributed by atoms with Gasteiger partial charge in [0.25, 0.3) is 11.8 Å². The van der Waals surface area contributed by atoms with E-state index in [2.05, 4.69) is 46.6 Å². The second-order valence-electron chi connectivity index (χ2n) is 14.2. The highest BCUT2D eigenvalue weighted by molar-refractivity contribution is 5.97. The Balaban J connectivity index is 1.06. The van der Waals surface area contributed by atoms with Crippen molar-refractivity contribution in [3.63, 3.8) is 0 Å². The molecule has 7 atom stereocenters. The number of carbonyl (C=O) groups is 3. The number of aromatic nitrogens is 1. The van der Waals surface area contributed by atoms with Crippen molar-refractivity contribution in [1.29, 1.82) is 0 Å². The van der Waals surface area contributed by atoms with Crippen LogP contribution in [0.4, 0.5) is 0 Å². The first-order valence-corrected chi connectivity index (χ1v) is 16.4. The van der Waals surface area contributed by atoms with E-state index in [1.807, 2.05) is 0 Å². The first kappa shape index (κ1) is 27.6. The van der Waals surface area contributed by atoms with Gasteiger partial charge in [-0.3, -0.25) is 24.0 Å². The van der Waals surface area contributed by atoms with E-state index in [0.717, 1.165) is 44.0 Å². The number of piperazine rings is 1. The topological polar surface area (TPSA) is 118 Å².